The van der Waals surface area contributed by atoms with Gasteiger partial charge in [0.25, 0.3) is 0 Å². The normalized spacial score (nSPS) is 28.9. The number of nitrogens with zero attached hydrogens (tertiary/aromatic N) is 3. The van der Waals surface area contributed by atoms with E-state index in [4.69, 9.17) is 4.74 Å². The molecule has 4 atom stereocenters. The Kier molecular flexibility index (Phi) is 4.38. The first kappa shape index (κ1) is 21.7. The van der Waals surface area contributed by atoms with Crippen molar-refractivity contribution in [2.75, 3.05) is 23.9 Å². The van der Waals surface area contributed by atoms with Crippen LogP contribution in [0.4, 0.5) is 21.5 Å². The molecule has 3 amide bonds. The van der Waals surface area contributed by atoms with E-state index < -0.39 is 45.8 Å². The van der Waals surface area contributed by atoms with Crippen molar-refractivity contribution < 1.29 is 28.4 Å². The number of imide groups is 1. The van der Waals surface area contributed by atoms with Gasteiger partial charge in [0.05, 0.1) is 29.6 Å². The third-order valence-electron chi connectivity index (χ3n) is 7.89. The molecule has 180 valence electrons. The van der Waals surface area contributed by atoms with Gasteiger partial charge in [0, 0.05) is 29.4 Å². The number of fused-ring (bicyclic) bond motifs is 7. The lowest BCUT2D eigenvalue weighted by atomic mass is 9.75. The number of nitro benzene ring substituents is 1. The quantitative estimate of drug-likeness (QED) is 0.407. The molecule has 6 rings (SSSR count). The Hall–Kier alpha value is -3.86. The number of benzene rings is 2. The van der Waals surface area contributed by atoms with Gasteiger partial charge < -0.3 is 10.1 Å². The van der Waals surface area contributed by atoms with Crippen molar-refractivity contribution in [3.8, 4) is 5.75 Å². The molecule has 0 aromatic heterocycles. The Labute approximate surface area is 198 Å². The van der Waals surface area contributed by atoms with Crippen molar-refractivity contribution in [3.05, 3.63) is 57.4 Å². The molecule has 1 spiro atoms. The van der Waals surface area contributed by atoms with Crippen LogP contribution < -0.4 is 15.0 Å². The summed E-state index contributed by atoms with van der Waals surface area (Å²) in [5.41, 5.74) is -0.472. The molecule has 4 aliphatic rings. The number of methoxy groups -OCH3 is 1. The Bertz CT molecular complexity index is 1360. The highest BCUT2D eigenvalue weighted by Crippen LogP contribution is 2.61. The Morgan fingerprint density at radius 1 is 1.20 bits per heavy atom. The number of hydrogen-bond donors (Lipinski definition) is 1. The molecular formula is C24H21FN4O6. The van der Waals surface area contributed by atoms with E-state index in [-0.39, 0.29) is 23.2 Å². The zero-order valence-corrected chi connectivity index (χ0v) is 18.9. The van der Waals surface area contributed by atoms with E-state index in [2.05, 4.69) is 5.32 Å². The summed E-state index contributed by atoms with van der Waals surface area (Å²) >= 11 is 0. The average molecular weight is 480 g/mol. The number of amides is 3. The van der Waals surface area contributed by atoms with E-state index in [1.54, 1.807) is 6.92 Å². The van der Waals surface area contributed by atoms with Crippen LogP contribution >= 0.6 is 0 Å². The minimum absolute atomic E-state index is 0.0866. The summed E-state index contributed by atoms with van der Waals surface area (Å²) in [7, 11) is 1.27. The summed E-state index contributed by atoms with van der Waals surface area (Å²) < 4.78 is 19.5. The third kappa shape index (κ3) is 2.53. The van der Waals surface area contributed by atoms with Crippen molar-refractivity contribution in [3.63, 3.8) is 0 Å². The van der Waals surface area contributed by atoms with Crippen LogP contribution in [0.25, 0.3) is 0 Å². The van der Waals surface area contributed by atoms with E-state index >= 15 is 0 Å². The number of hydrogen-bond acceptors (Lipinski definition) is 7. The molecule has 4 heterocycles. The van der Waals surface area contributed by atoms with Gasteiger partial charge in [0.1, 0.15) is 11.4 Å². The van der Waals surface area contributed by atoms with E-state index in [1.807, 2.05) is 4.90 Å². The Morgan fingerprint density at radius 2 is 1.97 bits per heavy atom. The second-order valence-electron chi connectivity index (χ2n) is 9.40. The molecule has 2 aromatic carbocycles. The fraction of sp³-hybridized carbons (Fsp3) is 0.375. The molecule has 0 bridgehead atoms. The lowest BCUT2D eigenvalue weighted by Gasteiger charge is -2.36. The van der Waals surface area contributed by atoms with Gasteiger partial charge in [-0.05, 0) is 50.1 Å². The lowest BCUT2D eigenvalue weighted by Crippen LogP contribution is -2.54. The first-order valence-electron chi connectivity index (χ1n) is 11.3. The second kappa shape index (κ2) is 7.08. The minimum atomic E-state index is -1.50. The van der Waals surface area contributed by atoms with Crippen LogP contribution in [-0.2, 0) is 19.9 Å². The standard InChI is InChI=1S/C24H21FN4O6/c1-11-8-17(29(33)34)18(35-2)10-16(11)28-21(30)19-15-4-3-7-27(15)24(20(19)22(28)31)13-9-12(25)5-6-14(13)26-23(24)32/h5-6,8-10,15,19-20H,3-4,7H2,1-2H3,(H,26,32)/t15-,19-,20+,24-/m1/s1. The van der Waals surface area contributed by atoms with Crippen LogP contribution in [-0.4, -0.2) is 47.2 Å². The number of carbonyl (C=O) groups excluding carboxylic acids is 3. The number of carbonyl (C=O) groups is 3. The first-order chi connectivity index (χ1) is 16.7. The number of nitro groups is 1. The smallest absolute Gasteiger partial charge is 0.311 e. The number of halogens is 1. The van der Waals surface area contributed by atoms with Crippen molar-refractivity contribution in [1.29, 1.82) is 0 Å². The summed E-state index contributed by atoms with van der Waals surface area (Å²) in [6, 6.07) is 6.19. The number of rotatable bonds is 3. The summed E-state index contributed by atoms with van der Waals surface area (Å²) in [6.45, 7) is 2.08. The predicted octanol–water partition coefficient (Wildman–Crippen LogP) is 2.48. The topological polar surface area (TPSA) is 122 Å². The fourth-order valence-electron chi connectivity index (χ4n) is 6.62. The van der Waals surface area contributed by atoms with Gasteiger partial charge in [-0.15, -0.1) is 0 Å². The number of nitrogens with one attached hydrogen (secondary N) is 1. The molecule has 0 radical (unpaired) electrons. The monoisotopic (exact) mass is 480 g/mol. The van der Waals surface area contributed by atoms with Crippen LogP contribution in [0, 0.1) is 34.7 Å². The molecule has 35 heavy (non-hydrogen) atoms. The van der Waals surface area contributed by atoms with E-state index in [0.717, 1.165) is 11.3 Å². The SMILES string of the molecule is COc1cc(N2C(=O)[C@@H]3[C@H]4CCCN4[C@@]4(C(=O)Nc5ccc(F)cc54)[C@@H]3C2=O)c(C)cc1[N+](=O)[O-]. The zero-order valence-electron chi connectivity index (χ0n) is 18.9. The molecule has 4 aliphatic heterocycles. The van der Waals surface area contributed by atoms with Crippen LogP contribution in [0.15, 0.2) is 30.3 Å². The summed E-state index contributed by atoms with van der Waals surface area (Å²) in [6.07, 6.45) is 1.36. The van der Waals surface area contributed by atoms with Crippen molar-refractivity contribution in [2.24, 2.45) is 11.8 Å². The van der Waals surface area contributed by atoms with Gasteiger partial charge in [-0.1, -0.05) is 0 Å². The largest absolute Gasteiger partial charge is 0.490 e. The van der Waals surface area contributed by atoms with Crippen molar-refractivity contribution in [1.82, 2.24) is 4.90 Å². The molecule has 3 saturated heterocycles. The lowest BCUT2D eigenvalue weighted by molar-refractivity contribution is -0.385. The molecule has 0 aliphatic carbocycles. The molecule has 0 unspecified atom stereocenters. The molecule has 1 N–H and O–H groups in total. The first-order valence-corrected chi connectivity index (χ1v) is 11.3. The second-order valence-corrected chi connectivity index (χ2v) is 9.40. The Balaban J connectivity index is 1.54. The maximum Gasteiger partial charge on any atom is 0.311 e. The molecule has 3 fully saturated rings. The highest BCUT2D eigenvalue weighted by atomic mass is 19.1. The van der Waals surface area contributed by atoms with Gasteiger partial charge in [-0.25, -0.2) is 9.29 Å². The van der Waals surface area contributed by atoms with Gasteiger partial charge in [-0.2, -0.15) is 0 Å². The van der Waals surface area contributed by atoms with E-state index in [9.17, 15) is 28.9 Å². The molecular weight excluding hydrogens is 459 g/mol. The van der Waals surface area contributed by atoms with Gasteiger partial charge >= 0.3 is 5.69 Å². The highest BCUT2D eigenvalue weighted by Gasteiger charge is 2.74. The summed E-state index contributed by atoms with van der Waals surface area (Å²) in [5.74, 6) is -3.97. The van der Waals surface area contributed by atoms with Crippen LogP contribution in [0.2, 0.25) is 0 Å². The number of anilines is 2. The maximum atomic E-state index is 14.4. The van der Waals surface area contributed by atoms with Gasteiger partial charge in [0.15, 0.2) is 5.75 Å². The van der Waals surface area contributed by atoms with Crippen LogP contribution in [0.1, 0.15) is 24.0 Å². The summed E-state index contributed by atoms with van der Waals surface area (Å²) in [5, 5.41) is 14.2. The van der Waals surface area contributed by atoms with Crippen molar-refractivity contribution >= 4 is 34.8 Å². The van der Waals surface area contributed by atoms with Crippen LogP contribution in [0.5, 0.6) is 5.75 Å². The minimum Gasteiger partial charge on any atom is -0.490 e. The molecule has 0 saturated carbocycles. The zero-order chi connectivity index (χ0) is 24.8. The predicted molar refractivity (Wildman–Crippen MR) is 120 cm³/mol. The van der Waals surface area contributed by atoms with E-state index in [1.165, 1.54) is 37.4 Å². The average Bonchev–Trinajstić information content (AvgIpc) is 3.52. The van der Waals surface area contributed by atoms with Crippen molar-refractivity contribution in [2.45, 2.75) is 31.3 Å². The molecule has 11 heteroatoms. The van der Waals surface area contributed by atoms with Crippen LogP contribution in [0.3, 0.4) is 0 Å². The highest BCUT2D eigenvalue weighted by molar-refractivity contribution is 6.26. The fourth-order valence-corrected chi connectivity index (χ4v) is 6.62. The molecule has 2 aromatic rings. The number of ether oxygens (including phenoxy) is 1. The third-order valence-corrected chi connectivity index (χ3v) is 7.89. The Morgan fingerprint density at radius 3 is 2.69 bits per heavy atom. The van der Waals surface area contributed by atoms with E-state index in [0.29, 0.717) is 29.8 Å². The summed E-state index contributed by atoms with van der Waals surface area (Å²) in [4.78, 5) is 55.2. The number of aryl methyl sites for hydroxylation is 1. The van der Waals surface area contributed by atoms with Gasteiger partial charge in [-0.3, -0.25) is 29.4 Å². The van der Waals surface area contributed by atoms with Gasteiger partial charge in [0.2, 0.25) is 17.7 Å². The molecule has 10 nitrogen and oxygen atoms in total. The maximum absolute atomic E-state index is 14.4.